The van der Waals surface area contributed by atoms with Gasteiger partial charge < -0.3 is 14.6 Å². The van der Waals surface area contributed by atoms with Gasteiger partial charge in [0.15, 0.2) is 0 Å². The van der Waals surface area contributed by atoms with Crippen LogP contribution in [0.1, 0.15) is 271 Å². The molecule has 8 nitrogen and oxygen atoms in total. The monoisotopic (exact) mass is 859 g/mol. The first-order chi connectivity index (χ1) is 30.0. The summed E-state index contributed by atoms with van der Waals surface area (Å²) >= 11 is 0. The first kappa shape index (κ1) is 53.8. The summed E-state index contributed by atoms with van der Waals surface area (Å²) in [5.74, 6) is -2.29. The molecule has 3 fully saturated rings. The number of amides is 4. The lowest BCUT2D eigenvalue weighted by Gasteiger charge is -2.46. The van der Waals surface area contributed by atoms with Gasteiger partial charge in [-0.3, -0.25) is 19.4 Å². The zero-order valence-corrected chi connectivity index (χ0v) is 40.2. The van der Waals surface area contributed by atoms with Crippen LogP contribution < -0.4 is 0 Å². The Morgan fingerprint density at radius 3 is 0.984 bits per heavy atom. The SMILES string of the molecule is CCCCCCCCCCCCCCCCCCOC1CCCC(N2C(=O)C(CO)C(=O)N(C3CCCC(OCCCCCCCCCCCCCCCCCC)C3)C2=O)C1. The molecule has 8 heteroatoms. The van der Waals surface area contributed by atoms with Crippen molar-refractivity contribution >= 4 is 17.8 Å². The Hall–Kier alpha value is -1.51. The van der Waals surface area contributed by atoms with Gasteiger partial charge in [-0.25, -0.2) is 4.79 Å². The summed E-state index contributed by atoms with van der Waals surface area (Å²) in [6.45, 7) is 5.42. The van der Waals surface area contributed by atoms with Gasteiger partial charge in [0.05, 0.1) is 18.8 Å². The van der Waals surface area contributed by atoms with E-state index in [1.165, 1.54) is 202 Å². The van der Waals surface area contributed by atoms with Gasteiger partial charge >= 0.3 is 6.03 Å². The number of aliphatic hydroxyl groups excluding tert-OH is 1. The average molecular weight is 859 g/mol. The molecule has 1 N–H and O–H groups in total. The second kappa shape index (κ2) is 35.8. The van der Waals surface area contributed by atoms with E-state index in [4.69, 9.17) is 9.47 Å². The molecule has 61 heavy (non-hydrogen) atoms. The third kappa shape index (κ3) is 22.8. The summed E-state index contributed by atoms with van der Waals surface area (Å²) in [7, 11) is 0. The molecule has 1 heterocycles. The molecular formula is C53H98N2O6. The molecule has 3 aliphatic rings. The molecule has 4 amide bonds. The van der Waals surface area contributed by atoms with Gasteiger partial charge in [-0.05, 0) is 64.2 Å². The maximum Gasteiger partial charge on any atom is 0.333 e. The Morgan fingerprint density at radius 1 is 0.426 bits per heavy atom. The number of carbonyl (C=O) groups excluding carboxylic acids is 3. The Morgan fingerprint density at radius 2 is 0.705 bits per heavy atom. The molecule has 0 aromatic heterocycles. The number of nitrogens with zero attached hydrogens (tertiary/aromatic N) is 2. The van der Waals surface area contributed by atoms with Crippen molar-refractivity contribution in [2.24, 2.45) is 5.92 Å². The number of aliphatic hydroxyl groups is 1. The first-order valence-corrected chi connectivity index (χ1v) is 27.1. The molecule has 0 aromatic carbocycles. The van der Waals surface area contributed by atoms with Crippen LogP contribution in [0.4, 0.5) is 4.79 Å². The van der Waals surface area contributed by atoms with Crippen molar-refractivity contribution in [3.05, 3.63) is 0 Å². The highest BCUT2D eigenvalue weighted by molar-refractivity contribution is 6.16. The van der Waals surface area contributed by atoms with Crippen molar-refractivity contribution in [1.29, 1.82) is 0 Å². The van der Waals surface area contributed by atoms with Gasteiger partial charge in [-0.1, -0.05) is 206 Å². The maximum atomic E-state index is 14.1. The van der Waals surface area contributed by atoms with E-state index in [0.29, 0.717) is 38.9 Å². The Labute approximate surface area is 376 Å². The molecule has 4 atom stereocenters. The molecule has 0 bridgehead atoms. The number of imide groups is 2. The molecule has 0 aromatic rings. The molecule has 356 valence electrons. The average Bonchev–Trinajstić information content (AvgIpc) is 3.26. The molecule has 1 aliphatic heterocycles. The van der Waals surface area contributed by atoms with Crippen LogP contribution in [0.2, 0.25) is 0 Å². The van der Waals surface area contributed by atoms with E-state index in [-0.39, 0.29) is 24.3 Å². The molecule has 0 radical (unpaired) electrons. The maximum absolute atomic E-state index is 14.1. The quantitative estimate of drug-likeness (QED) is 0.0488. The minimum atomic E-state index is -1.21. The van der Waals surface area contributed by atoms with Crippen LogP contribution in [0, 0.1) is 5.92 Å². The van der Waals surface area contributed by atoms with Crippen LogP contribution in [0.5, 0.6) is 0 Å². The third-order valence-corrected chi connectivity index (χ3v) is 14.3. The van der Waals surface area contributed by atoms with Crippen LogP contribution in [-0.4, -0.2) is 76.9 Å². The van der Waals surface area contributed by atoms with Gasteiger partial charge in [0.25, 0.3) is 0 Å². The Bertz CT molecular complexity index is 1020. The number of hydrogen-bond donors (Lipinski definition) is 1. The van der Waals surface area contributed by atoms with Gasteiger partial charge in [0.2, 0.25) is 11.8 Å². The predicted octanol–water partition coefficient (Wildman–Crippen LogP) is 14.6. The van der Waals surface area contributed by atoms with Crippen LogP contribution in [0.25, 0.3) is 0 Å². The highest BCUT2D eigenvalue weighted by atomic mass is 16.5. The number of urea groups is 1. The van der Waals surface area contributed by atoms with Crippen LogP contribution in [0.15, 0.2) is 0 Å². The predicted molar refractivity (Wildman–Crippen MR) is 253 cm³/mol. The summed E-state index contributed by atoms with van der Waals surface area (Å²) in [6.07, 6.45) is 49.2. The third-order valence-electron chi connectivity index (χ3n) is 14.3. The summed E-state index contributed by atoms with van der Waals surface area (Å²) in [5, 5.41) is 10.2. The molecule has 2 saturated carbocycles. The standard InChI is InChI=1S/C53H98N2O6/c1-3-5-7-9-11-13-15-17-19-21-23-25-27-29-31-33-41-60-48-39-35-37-46(43-48)54-51(57)50(45-56)52(58)55(53(54)59)47-38-36-40-49(44-47)61-42-34-32-30-28-26-24-22-20-18-16-14-12-10-8-6-4-2/h46-50,56H,3-45H2,1-2H3. The van der Waals surface area contributed by atoms with Crippen LogP contribution >= 0.6 is 0 Å². The zero-order valence-electron chi connectivity index (χ0n) is 40.2. The summed E-state index contributed by atoms with van der Waals surface area (Å²) < 4.78 is 12.7. The second-order valence-corrected chi connectivity index (χ2v) is 19.7. The lowest BCUT2D eigenvalue weighted by Crippen LogP contribution is -2.66. The largest absolute Gasteiger partial charge is 0.395 e. The van der Waals surface area contributed by atoms with Crippen LogP contribution in [0.3, 0.4) is 0 Å². The number of rotatable bonds is 39. The van der Waals surface area contributed by atoms with E-state index >= 15 is 0 Å². The van der Waals surface area contributed by atoms with Gasteiger partial charge in [-0.15, -0.1) is 0 Å². The van der Waals surface area contributed by atoms with Crippen molar-refractivity contribution in [3.8, 4) is 0 Å². The molecular weight excluding hydrogens is 761 g/mol. The van der Waals surface area contributed by atoms with Crippen molar-refractivity contribution in [2.75, 3.05) is 19.8 Å². The van der Waals surface area contributed by atoms with Gasteiger partial charge in [0.1, 0.15) is 5.92 Å². The Balaban J connectivity index is 1.26. The fourth-order valence-electron chi connectivity index (χ4n) is 10.4. The minimum absolute atomic E-state index is 0.00587. The number of carbonyl (C=O) groups is 3. The lowest BCUT2D eigenvalue weighted by molar-refractivity contribution is -0.156. The fourth-order valence-corrected chi connectivity index (χ4v) is 10.4. The fraction of sp³-hybridized carbons (Fsp3) is 0.943. The molecule has 2 aliphatic carbocycles. The van der Waals surface area contributed by atoms with Gasteiger partial charge in [0, 0.05) is 25.3 Å². The highest BCUT2D eigenvalue weighted by Gasteiger charge is 2.51. The lowest BCUT2D eigenvalue weighted by atomic mass is 9.88. The number of unbranched alkanes of at least 4 members (excludes halogenated alkanes) is 30. The molecule has 3 rings (SSSR count). The van der Waals surface area contributed by atoms with Gasteiger partial charge in [-0.2, -0.15) is 0 Å². The van der Waals surface area contributed by atoms with E-state index in [0.717, 1.165) is 38.5 Å². The highest BCUT2D eigenvalue weighted by Crippen LogP contribution is 2.34. The van der Waals surface area contributed by atoms with Crippen molar-refractivity contribution in [1.82, 2.24) is 9.80 Å². The number of barbiturate groups is 1. The summed E-state index contributed by atoms with van der Waals surface area (Å²) in [6, 6.07) is -1.11. The van der Waals surface area contributed by atoms with Crippen molar-refractivity contribution in [3.63, 3.8) is 0 Å². The van der Waals surface area contributed by atoms with E-state index < -0.39 is 30.4 Å². The number of hydrogen-bond acceptors (Lipinski definition) is 6. The summed E-state index contributed by atoms with van der Waals surface area (Å²) in [4.78, 5) is 44.0. The smallest absolute Gasteiger partial charge is 0.333 e. The van der Waals surface area contributed by atoms with Crippen molar-refractivity contribution in [2.45, 2.75) is 295 Å². The minimum Gasteiger partial charge on any atom is -0.395 e. The van der Waals surface area contributed by atoms with Crippen molar-refractivity contribution < 1.29 is 29.0 Å². The topological polar surface area (TPSA) is 96.4 Å². The zero-order chi connectivity index (χ0) is 43.6. The van der Waals surface area contributed by atoms with E-state index in [9.17, 15) is 19.5 Å². The normalized spacial score (nSPS) is 22.5. The molecule has 1 saturated heterocycles. The second-order valence-electron chi connectivity index (χ2n) is 19.7. The van der Waals surface area contributed by atoms with Crippen LogP contribution in [-0.2, 0) is 19.1 Å². The molecule has 4 unspecified atom stereocenters. The Kier molecular flexibility index (Phi) is 31.6. The van der Waals surface area contributed by atoms with E-state index in [2.05, 4.69) is 13.8 Å². The van der Waals surface area contributed by atoms with E-state index in [1.54, 1.807) is 0 Å². The summed E-state index contributed by atoms with van der Waals surface area (Å²) in [5.41, 5.74) is 0. The van der Waals surface area contributed by atoms with E-state index in [1.807, 2.05) is 0 Å². The molecule has 0 spiro atoms. The number of ether oxygens (including phenoxy) is 2. The first-order valence-electron chi connectivity index (χ1n) is 27.1.